The van der Waals surface area contributed by atoms with Crippen molar-refractivity contribution in [2.45, 2.75) is 37.6 Å². The van der Waals surface area contributed by atoms with Crippen LogP contribution in [0.25, 0.3) is 0 Å². The average molecular weight is 410 g/mol. The molecule has 3 heterocycles. The van der Waals surface area contributed by atoms with Crippen LogP contribution in [0, 0.1) is 17.2 Å². The van der Waals surface area contributed by atoms with Crippen LogP contribution < -0.4 is 0 Å². The monoisotopic (exact) mass is 409 g/mol. The maximum atomic E-state index is 13.5. The number of fused-ring (bicyclic) bond motifs is 1. The van der Waals surface area contributed by atoms with Crippen molar-refractivity contribution in [2.75, 3.05) is 39.3 Å². The third-order valence-electron chi connectivity index (χ3n) is 6.61. The van der Waals surface area contributed by atoms with Gasteiger partial charge in [-0.2, -0.15) is 4.31 Å². The molecule has 0 bridgehead atoms. The van der Waals surface area contributed by atoms with Gasteiger partial charge < -0.3 is 4.90 Å². The molecule has 0 aliphatic carbocycles. The second kappa shape index (κ2) is 7.07. The van der Waals surface area contributed by atoms with Gasteiger partial charge in [0.15, 0.2) is 0 Å². The molecule has 2 atom stereocenters. The summed E-state index contributed by atoms with van der Waals surface area (Å²) in [5.41, 5.74) is -0.679. The van der Waals surface area contributed by atoms with Crippen molar-refractivity contribution in [3.8, 4) is 0 Å². The zero-order valence-corrected chi connectivity index (χ0v) is 17.3. The minimum atomic E-state index is -3.75. The normalized spacial score (nSPS) is 29.0. The fourth-order valence-electron chi connectivity index (χ4n) is 4.93. The predicted octanol–water partition coefficient (Wildman–Crippen LogP) is 1.78. The van der Waals surface area contributed by atoms with E-state index in [4.69, 9.17) is 0 Å². The molecule has 8 heteroatoms. The second-order valence-electron chi connectivity index (χ2n) is 8.63. The Morgan fingerprint density at radius 3 is 2.36 bits per heavy atom. The van der Waals surface area contributed by atoms with Crippen molar-refractivity contribution in [2.24, 2.45) is 11.3 Å². The maximum absolute atomic E-state index is 13.5. The molecule has 3 aliphatic rings. The van der Waals surface area contributed by atoms with Crippen LogP contribution in [-0.4, -0.2) is 73.7 Å². The number of nitrogens with zero attached hydrogens (tertiary/aromatic N) is 3. The zero-order chi connectivity index (χ0) is 20.1. The molecule has 3 saturated heterocycles. The van der Waals surface area contributed by atoms with Crippen LogP contribution in [0.5, 0.6) is 0 Å². The third-order valence-corrected chi connectivity index (χ3v) is 8.43. The Kier molecular flexibility index (Phi) is 5.00. The van der Waals surface area contributed by atoms with Crippen LogP contribution in [0.4, 0.5) is 4.39 Å². The van der Waals surface area contributed by atoms with Crippen molar-refractivity contribution in [3.63, 3.8) is 0 Å². The molecule has 0 radical (unpaired) electrons. The highest BCUT2D eigenvalue weighted by Crippen LogP contribution is 2.46. The Balaban J connectivity index is 1.64. The fourth-order valence-corrected chi connectivity index (χ4v) is 6.48. The number of rotatable bonds is 4. The molecule has 4 rings (SSSR count). The molecular weight excluding hydrogens is 381 g/mol. The quantitative estimate of drug-likeness (QED) is 0.761. The summed E-state index contributed by atoms with van der Waals surface area (Å²) in [4.78, 5) is 17.8. The highest BCUT2D eigenvalue weighted by Gasteiger charge is 2.60. The SMILES string of the molecule is CC(C)N1C[C@H]2CN(S(=O)(=O)c3ccc(F)cc3)C[C@@]2(C(=O)N2CCCC2)C1. The van der Waals surface area contributed by atoms with E-state index in [1.165, 1.54) is 16.4 Å². The standard InChI is InChI=1S/C20H28FN3O3S/c1-15(2)23-11-16-12-24(28(26,27)18-7-5-17(21)6-8-18)14-20(16,13-23)19(25)22-9-3-4-10-22/h5-8,15-16H,3-4,9-14H2,1-2H3/t16-,20-/m0/s1. The molecule has 1 aromatic rings. The minimum Gasteiger partial charge on any atom is -0.342 e. The van der Waals surface area contributed by atoms with Crippen LogP contribution in [0.2, 0.25) is 0 Å². The maximum Gasteiger partial charge on any atom is 0.243 e. The number of amides is 1. The molecule has 3 fully saturated rings. The topological polar surface area (TPSA) is 60.9 Å². The lowest BCUT2D eigenvalue weighted by atomic mass is 9.79. The fraction of sp³-hybridized carbons (Fsp3) is 0.650. The minimum absolute atomic E-state index is 0.0155. The first-order chi connectivity index (χ1) is 13.2. The number of carbonyl (C=O) groups is 1. The third kappa shape index (κ3) is 3.15. The van der Waals surface area contributed by atoms with Gasteiger partial charge in [-0.3, -0.25) is 9.69 Å². The Hall–Kier alpha value is -1.51. The Morgan fingerprint density at radius 1 is 1.11 bits per heavy atom. The summed E-state index contributed by atoms with van der Waals surface area (Å²) < 4.78 is 41.0. The van der Waals surface area contributed by atoms with Gasteiger partial charge in [0.2, 0.25) is 15.9 Å². The summed E-state index contributed by atoms with van der Waals surface area (Å²) in [7, 11) is -3.75. The van der Waals surface area contributed by atoms with Gasteiger partial charge in [0, 0.05) is 51.2 Å². The number of hydrogen-bond donors (Lipinski definition) is 0. The summed E-state index contributed by atoms with van der Waals surface area (Å²) in [6, 6.07) is 5.24. The summed E-state index contributed by atoms with van der Waals surface area (Å²) in [6.07, 6.45) is 2.02. The van der Waals surface area contributed by atoms with Crippen molar-refractivity contribution >= 4 is 15.9 Å². The van der Waals surface area contributed by atoms with Gasteiger partial charge in [-0.15, -0.1) is 0 Å². The highest BCUT2D eigenvalue weighted by atomic mass is 32.2. The molecule has 0 spiro atoms. The number of carbonyl (C=O) groups excluding carboxylic acids is 1. The molecular formula is C20H28FN3O3S. The van der Waals surface area contributed by atoms with Gasteiger partial charge in [-0.25, -0.2) is 12.8 Å². The molecule has 0 unspecified atom stereocenters. The molecule has 6 nitrogen and oxygen atoms in total. The molecule has 0 aromatic heterocycles. The van der Waals surface area contributed by atoms with Gasteiger partial charge >= 0.3 is 0 Å². The van der Waals surface area contributed by atoms with Crippen molar-refractivity contribution < 1.29 is 17.6 Å². The number of hydrogen-bond acceptors (Lipinski definition) is 4. The molecule has 0 N–H and O–H groups in total. The molecule has 1 aromatic carbocycles. The lowest BCUT2D eigenvalue weighted by molar-refractivity contribution is -0.141. The van der Waals surface area contributed by atoms with E-state index in [9.17, 15) is 17.6 Å². The molecule has 1 amide bonds. The Labute approximate surface area is 166 Å². The van der Waals surface area contributed by atoms with E-state index in [1.807, 2.05) is 4.90 Å². The molecule has 154 valence electrons. The van der Waals surface area contributed by atoms with E-state index in [-0.39, 0.29) is 23.3 Å². The van der Waals surface area contributed by atoms with Crippen LogP contribution in [0.3, 0.4) is 0 Å². The smallest absolute Gasteiger partial charge is 0.243 e. The van der Waals surface area contributed by atoms with Gasteiger partial charge in [0.1, 0.15) is 5.82 Å². The summed E-state index contributed by atoms with van der Waals surface area (Å²) in [6.45, 7) is 7.62. The van der Waals surface area contributed by atoms with Gasteiger partial charge in [-0.1, -0.05) is 0 Å². The number of sulfonamides is 1. The Morgan fingerprint density at radius 2 is 1.75 bits per heavy atom. The van der Waals surface area contributed by atoms with Gasteiger partial charge in [-0.05, 0) is 51.0 Å². The van der Waals surface area contributed by atoms with Crippen LogP contribution in [0.15, 0.2) is 29.2 Å². The zero-order valence-electron chi connectivity index (χ0n) is 16.5. The number of likely N-dealkylation sites (tertiary alicyclic amines) is 2. The number of halogens is 1. The molecule has 28 heavy (non-hydrogen) atoms. The predicted molar refractivity (Wildman–Crippen MR) is 104 cm³/mol. The highest BCUT2D eigenvalue weighted by molar-refractivity contribution is 7.89. The first-order valence-electron chi connectivity index (χ1n) is 10.0. The van der Waals surface area contributed by atoms with E-state index in [2.05, 4.69) is 18.7 Å². The summed E-state index contributed by atoms with van der Waals surface area (Å²) >= 11 is 0. The van der Waals surface area contributed by atoms with Crippen LogP contribution in [0.1, 0.15) is 26.7 Å². The van der Waals surface area contributed by atoms with Crippen LogP contribution >= 0.6 is 0 Å². The van der Waals surface area contributed by atoms with E-state index < -0.39 is 21.3 Å². The summed E-state index contributed by atoms with van der Waals surface area (Å²) in [5, 5.41) is 0. The van der Waals surface area contributed by atoms with Crippen molar-refractivity contribution in [1.29, 1.82) is 0 Å². The van der Waals surface area contributed by atoms with E-state index in [0.29, 0.717) is 19.1 Å². The number of benzene rings is 1. The molecule has 3 aliphatic heterocycles. The first kappa shape index (κ1) is 19.8. The van der Waals surface area contributed by atoms with Gasteiger partial charge in [0.05, 0.1) is 10.3 Å². The van der Waals surface area contributed by atoms with Crippen LogP contribution in [-0.2, 0) is 14.8 Å². The van der Waals surface area contributed by atoms with Crippen molar-refractivity contribution in [3.05, 3.63) is 30.1 Å². The Bertz CT molecular complexity index is 852. The second-order valence-corrected chi connectivity index (χ2v) is 10.6. The van der Waals surface area contributed by atoms with E-state index >= 15 is 0 Å². The summed E-state index contributed by atoms with van der Waals surface area (Å²) in [5.74, 6) is -0.376. The molecule has 0 saturated carbocycles. The van der Waals surface area contributed by atoms with Gasteiger partial charge in [0.25, 0.3) is 0 Å². The average Bonchev–Trinajstić information content (AvgIpc) is 3.36. The van der Waals surface area contributed by atoms with Crippen molar-refractivity contribution in [1.82, 2.24) is 14.1 Å². The van der Waals surface area contributed by atoms with E-state index in [0.717, 1.165) is 44.6 Å². The first-order valence-corrected chi connectivity index (χ1v) is 11.5. The van der Waals surface area contributed by atoms with E-state index in [1.54, 1.807) is 0 Å². The lowest BCUT2D eigenvalue weighted by Gasteiger charge is -2.33. The lowest BCUT2D eigenvalue weighted by Crippen LogP contribution is -2.49. The largest absolute Gasteiger partial charge is 0.342 e.